The van der Waals surface area contributed by atoms with Crippen molar-refractivity contribution in [2.75, 3.05) is 33.2 Å². The topological polar surface area (TPSA) is 109 Å². The summed E-state index contributed by atoms with van der Waals surface area (Å²) in [5.41, 5.74) is 10.4. The Morgan fingerprint density at radius 2 is 2.17 bits per heavy atom. The zero-order valence-corrected chi connectivity index (χ0v) is 19.9. The number of rotatable bonds is 5. The molecule has 1 fully saturated rings. The second-order valence-electron chi connectivity index (χ2n) is 6.37. The normalized spacial score (nSPS) is 26.7. The molecule has 0 aromatic heterocycles. The van der Waals surface area contributed by atoms with Crippen molar-refractivity contribution in [3.05, 3.63) is 12.2 Å². The van der Waals surface area contributed by atoms with Gasteiger partial charge < -0.3 is 21.7 Å². The van der Waals surface area contributed by atoms with Crippen molar-refractivity contribution < 1.29 is 52.7 Å². The first-order valence-electron chi connectivity index (χ1n) is 7.68. The number of nitrogens with zero attached hydrogens (tertiary/aromatic N) is 3. The van der Waals surface area contributed by atoms with Gasteiger partial charge in [0.15, 0.2) is 0 Å². The Bertz CT molecular complexity index is 520. The molecule has 0 aromatic carbocycles. The van der Waals surface area contributed by atoms with E-state index in [0.29, 0.717) is 24.1 Å². The Hall–Kier alpha value is -0.422. The molecule has 2 aliphatic heterocycles. The fraction of sp³-hybridized carbons (Fsp3) is 0.667. The van der Waals surface area contributed by atoms with Gasteiger partial charge in [0, 0.05) is 54.4 Å². The van der Waals surface area contributed by atoms with E-state index in [1.807, 2.05) is 0 Å². The van der Waals surface area contributed by atoms with Crippen molar-refractivity contribution in [3.63, 3.8) is 0 Å². The Balaban J connectivity index is 0. The third kappa shape index (κ3) is 6.18. The van der Waals surface area contributed by atoms with Crippen LogP contribution >= 0.6 is 0 Å². The smallest absolute Gasteiger partial charge is 0.244 e. The van der Waals surface area contributed by atoms with Crippen LogP contribution in [0, 0.1) is 50.9 Å². The Morgan fingerprint density at radius 1 is 1.52 bits per heavy atom. The van der Waals surface area contributed by atoms with E-state index in [2.05, 4.69) is 27.2 Å². The van der Waals surface area contributed by atoms with E-state index in [9.17, 15) is 4.79 Å². The molecule has 0 saturated carbocycles. The quantitative estimate of drug-likeness (QED) is 0.339. The summed E-state index contributed by atoms with van der Waals surface area (Å²) in [6.45, 7) is 5.10. The summed E-state index contributed by atoms with van der Waals surface area (Å²) in [4.78, 5) is 22.3. The molecule has 0 spiro atoms. The SMILES string of the molecule is CN1CCC(CN=C(N)/C=C\C2=NCC(C)(C(N)=O)N2)CC1.[HH].[HH].[Ra]. The van der Waals surface area contributed by atoms with E-state index in [1.54, 1.807) is 19.1 Å². The summed E-state index contributed by atoms with van der Waals surface area (Å²) in [5, 5.41) is 3.01. The second-order valence-corrected chi connectivity index (χ2v) is 6.37. The van der Waals surface area contributed by atoms with Gasteiger partial charge in [0.05, 0.1) is 6.54 Å². The van der Waals surface area contributed by atoms with E-state index in [0.717, 1.165) is 19.6 Å². The molecule has 7 nitrogen and oxygen atoms in total. The zero-order valence-electron chi connectivity index (χ0n) is 14.1. The first-order valence-corrected chi connectivity index (χ1v) is 7.68. The van der Waals surface area contributed by atoms with Gasteiger partial charge in [-0.15, -0.1) is 0 Å². The third-order valence-electron chi connectivity index (χ3n) is 4.30. The van der Waals surface area contributed by atoms with Gasteiger partial charge in [0.2, 0.25) is 5.91 Å². The number of piperidine rings is 1. The maximum Gasteiger partial charge on any atom is 0.244 e. The van der Waals surface area contributed by atoms with E-state index in [1.165, 1.54) is 12.8 Å². The summed E-state index contributed by atoms with van der Waals surface area (Å²) in [7, 11) is 2.14. The van der Waals surface area contributed by atoms with Gasteiger partial charge in [-0.1, -0.05) is 0 Å². The monoisotopic (exact) mass is 536 g/mol. The Labute approximate surface area is 177 Å². The van der Waals surface area contributed by atoms with Gasteiger partial charge >= 0.3 is 0 Å². The molecule has 1 atom stereocenters. The van der Waals surface area contributed by atoms with Crippen LogP contribution in [0.3, 0.4) is 0 Å². The van der Waals surface area contributed by atoms with Crippen LogP contribution in [0.15, 0.2) is 22.1 Å². The summed E-state index contributed by atoms with van der Waals surface area (Å²) in [5.74, 6) is 1.29. The van der Waals surface area contributed by atoms with Crippen LogP contribution in [0.1, 0.15) is 22.6 Å². The fourth-order valence-electron chi connectivity index (χ4n) is 2.54. The molecule has 2 radical (unpaired) electrons. The fourth-order valence-corrected chi connectivity index (χ4v) is 2.54. The van der Waals surface area contributed by atoms with Crippen LogP contribution in [0.4, 0.5) is 0 Å². The minimum atomic E-state index is -0.806. The van der Waals surface area contributed by atoms with Crippen molar-refractivity contribution in [2.24, 2.45) is 27.4 Å². The van der Waals surface area contributed by atoms with Crippen molar-refractivity contribution in [2.45, 2.75) is 25.3 Å². The third-order valence-corrected chi connectivity index (χ3v) is 4.30. The molecule has 2 rings (SSSR count). The summed E-state index contributed by atoms with van der Waals surface area (Å²) in [6, 6.07) is 0. The minimum Gasteiger partial charge on any atom is -0.384 e. The number of nitrogens with one attached hydrogen (secondary N) is 1. The number of carbonyl (C=O) groups is 1. The molecule has 8 heteroatoms. The molecular formula is C15H30N6ORa. The predicted octanol–water partition coefficient (Wildman–Crippen LogP) is -0.0207. The number of nitrogens with two attached hydrogens (primary N) is 2. The number of amidine groups is 2. The van der Waals surface area contributed by atoms with Crippen molar-refractivity contribution in [3.8, 4) is 0 Å². The van der Waals surface area contributed by atoms with E-state index < -0.39 is 11.4 Å². The summed E-state index contributed by atoms with van der Waals surface area (Å²) < 4.78 is 0. The largest absolute Gasteiger partial charge is 0.384 e. The van der Waals surface area contributed by atoms with Gasteiger partial charge in [-0.05, 0) is 58.0 Å². The number of hydrogen-bond donors (Lipinski definition) is 3. The number of aliphatic imine (C=N–C) groups is 2. The number of amides is 1. The van der Waals surface area contributed by atoms with Crippen LogP contribution in [-0.4, -0.2) is 61.2 Å². The van der Waals surface area contributed by atoms with E-state index in [-0.39, 0.29) is 47.9 Å². The van der Waals surface area contributed by atoms with Crippen LogP contribution in [0.2, 0.25) is 0 Å². The average Bonchev–Trinajstić information content (AvgIpc) is 2.88. The molecule has 1 amide bonds. The first-order chi connectivity index (χ1) is 10.4. The predicted molar refractivity (Wildman–Crippen MR) is 93.1 cm³/mol. The van der Waals surface area contributed by atoms with Crippen molar-refractivity contribution in [1.29, 1.82) is 0 Å². The van der Waals surface area contributed by atoms with Gasteiger partial charge in [-0.3, -0.25) is 14.8 Å². The van der Waals surface area contributed by atoms with E-state index in [4.69, 9.17) is 11.5 Å². The maximum atomic E-state index is 11.3. The summed E-state index contributed by atoms with van der Waals surface area (Å²) >= 11 is 0. The van der Waals surface area contributed by atoms with Crippen LogP contribution in [0.25, 0.3) is 0 Å². The Kier molecular flexibility index (Phi) is 8.22. The number of primary amides is 1. The molecule has 23 heavy (non-hydrogen) atoms. The van der Waals surface area contributed by atoms with Crippen molar-refractivity contribution >= 4 is 17.6 Å². The average molecular weight is 536 g/mol. The molecule has 0 aromatic rings. The number of carbonyl (C=O) groups excluding carboxylic acids is 1. The van der Waals surface area contributed by atoms with Gasteiger partial charge in [0.1, 0.15) is 17.2 Å². The first kappa shape index (κ1) is 20.6. The molecule has 1 saturated heterocycles. The number of hydrogen-bond acceptors (Lipinski definition) is 5. The van der Waals surface area contributed by atoms with E-state index >= 15 is 0 Å². The molecule has 2 heterocycles. The molecular weight excluding hydrogens is 506 g/mol. The zero-order chi connectivity index (χ0) is 16.2. The maximum absolute atomic E-state index is 11.3. The molecule has 1 unspecified atom stereocenters. The van der Waals surface area contributed by atoms with Gasteiger partial charge in [-0.25, -0.2) is 0 Å². The van der Waals surface area contributed by atoms with Crippen LogP contribution in [-0.2, 0) is 4.79 Å². The molecule has 5 N–H and O–H groups in total. The van der Waals surface area contributed by atoms with Gasteiger partial charge in [-0.2, -0.15) is 0 Å². The molecule has 0 aliphatic carbocycles. The number of likely N-dealkylation sites (tertiary alicyclic amines) is 1. The van der Waals surface area contributed by atoms with Crippen LogP contribution < -0.4 is 16.8 Å². The van der Waals surface area contributed by atoms with Crippen LogP contribution in [0.5, 0.6) is 0 Å². The molecule has 128 valence electrons. The molecule has 2 aliphatic rings. The Morgan fingerprint density at radius 3 is 2.74 bits per heavy atom. The van der Waals surface area contributed by atoms with Crippen molar-refractivity contribution in [1.82, 2.24) is 10.2 Å². The van der Waals surface area contributed by atoms with Gasteiger partial charge in [0.25, 0.3) is 0 Å². The summed E-state index contributed by atoms with van der Waals surface area (Å²) in [6.07, 6.45) is 5.79. The second kappa shape index (κ2) is 9.16. The minimum absolute atomic E-state index is 0. The standard InChI is InChI=1S/C15H26N6O.Ra.2H2/c1-15(14(17)22)10-19-13(20-15)4-3-12(16)18-9-11-5-7-21(2)8-6-11;;;/h3-4,11H,5-10H2,1-2H3,(H2,16,18)(H2,17,22)(H,19,20);;2*1H/b4-3-;;;. The molecule has 0 bridgehead atoms.